The van der Waals surface area contributed by atoms with Crippen LogP contribution in [0, 0.1) is 5.92 Å². The second kappa shape index (κ2) is 8.88. The average molecular weight is 405 g/mol. The van der Waals surface area contributed by atoms with E-state index in [9.17, 15) is 9.18 Å². The van der Waals surface area contributed by atoms with Crippen molar-refractivity contribution in [3.05, 3.63) is 0 Å². The third kappa shape index (κ3) is 4.92. The molecule has 0 bridgehead atoms. The number of nitrogens with one attached hydrogen (secondary N) is 3. The SMILES string of the molecule is O=C(NC1CNN(CC2CC(F)CCC2Cl)C1)C1CC(C2CCCO2)ON1. The molecular weight excluding hydrogens is 375 g/mol. The molecule has 0 aromatic rings. The number of halogens is 2. The molecule has 3 heterocycles. The van der Waals surface area contributed by atoms with E-state index < -0.39 is 6.17 Å². The Morgan fingerprint density at radius 3 is 2.96 bits per heavy atom. The number of hydrogen-bond acceptors (Lipinski definition) is 6. The Morgan fingerprint density at radius 1 is 1.26 bits per heavy atom. The highest BCUT2D eigenvalue weighted by Crippen LogP contribution is 2.31. The van der Waals surface area contributed by atoms with E-state index in [2.05, 4.69) is 21.2 Å². The lowest BCUT2D eigenvalue weighted by Crippen LogP contribution is -2.47. The maximum atomic E-state index is 13.7. The number of ether oxygens (including phenoxy) is 1. The van der Waals surface area contributed by atoms with Gasteiger partial charge in [-0.1, -0.05) is 0 Å². The van der Waals surface area contributed by atoms with Crippen molar-refractivity contribution < 1.29 is 18.8 Å². The van der Waals surface area contributed by atoms with Crippen molar-refractivity contribution >= 4 is 17.5 Å². The van der Waals surface area contributed by atoms with Crippen LogP contribution >= 0.6 is 11.6 Å². The van der Waals surface area contributed by atoms with E-state index in [0.29, 0.717) is 38.9 Å². The van der Waals surface area contributed by atoms with E-state index in [0.717, 1.165) is 25.9 Å². The maximum Gasteiger partial charge on any atom is 0.239 e. The Morgan fingerprint density at radius 2 is 2.15 bits per heavy atom. The molecule has 3 saturated heterocycles. The third-order valence-electron chi connectivity index (χ3n) is 6.15. The first-order valence-corrected chi connectivity index (χ1v) is 10.6. The van der Waals surface area contributed by atoms with Crippen LogP contribution in [0.4, 0.5) is 4.39 Å². The molecule has 1 aliphatic carbocycles. The van der Waals surface area contributed by atoms with Crippen molar-refractivity contribution in [2.45, 2.75) is 74.4 Å². The van der Waals surface area contributed by atoms with Gasteiger partial charge < -0.3 is 10.1 Å². The zero-order chi connectivity index (χ0) is 18.8. The van der Waals surface area contributed by atoms with Crippen LogP contribution in [0.5, 0.6) is 0 Å². The fraction of sp³-hybridized carbons (Fsp3) is 0.944. The van der Waals surface area contributed by atoms with Crippen molar-refractivity contribution in [1.29, 1.82) is 0 Å². The lowest BCUT2D eigenvalue weighted by molar-refractivity contribution is -0.125. The first kappa shape index (κ1) is 19.8. The monoisotopic (exact) mass is 404 g/mol. The molecule has 9 heteroatoms. The van der Waals surface area contributed by atoms with E-state index in [1.54, 1.807) is 0 Å². The Kier molecular flexibility index (Phi) is 6.51. The second-order valence-corrected chi connectivity index (χ2v) is 8.83. The van der Waals surface area contributed by atoms with E-state index in [4.69, 9.17) is 21.2 Å². The molecule has 3 aliphatic heterocycles. The molecule has 7 atom stereocenters. The summed E-state index contributed by atoms with van der Waals surface area (Å²) >= 11 is 6.38. The van der Waals surface area contributed by atoms with Gasteiger partial charge in [0.15, 0.2) is 0 Å². The number of alkyl halides is 2. The summed E-state index contributed by atoms with van der Waals surface area (Å²) in [4.78, 5) is 18.1. The van der Waals surface area contributed by atoms with E-state index in [1.165, 1.54) is 0 Å². The number of hydrazine groups is 1. The highest BCUT2D eigenvalue weighted by atomic mass is 35.5. The van der Waals surface area contributed by atoms with Gasteiger partial charge in [-0.15, -0.1) is 11.6 Å². The van der Waals surface area contributed by atoms with Crippen molar-refractivity contribution in [2.75, 3.05) is 26.2 Å². The van der Waals surface area contributed by atoms with Crippen molar-refractivity contribution in [1.82, 2.24) is 21.2 Å². The number of hydroxylamine groups is 1. The molecule has 0 spiro atoms. The maximum absolute atomic E-state index is 13.7. The zero-order valence-electron chi connectivity index (χ0n) is 15.5. The van der Waals surface area contributed by atoms with E-state index in [-0.39, 0.29) is 41.5 Å². The number of carbonyl (C=O) groups excluding carboxylic acids is 1. The second-order valence-electron chi connectivity index (χ2n) is 8.27. The summed E-state index contributed by atoms with van der Waals surface area (Å²) in [5.41, 5.74) is 6.16. The fourth-order valence-electron chi connectivity index (χ4n) is 4.60. The number of carbonyl (C=O) groups is 1. The van der Waals surface area contributed by atoms with Gasteiger partial charge in [0.2, 0.25) is 5.91 Å². The molecule has 4 aliphatic rings. The van der Waals surface area contributed by atoms with Gasteiger partial charge in [0, 0.05) is 38.0 Å². The summed E-state index contributed by atoms with van der Waals surface area (Å²) in [5, 5.41) is 5.18. The molecule has 0 radical (unpaired) electrons. The summed E-state index contributed by atoms with van der Waals surface area (Å²) in [6, 6.07) is -0.314. The normalized spacial score (nSPS) is 43.3. The van der Waals surface area contributed by atoms with Gasteiger partial charge in [0.1, 0.15) is 18.3 Å². The number of nitrogens with zero attached hydrogens (tertiary/aromatic N) is 1. The zero-order valence-corrected chi connectivity index (χ0v) is 16.3. The van der Waals surface area contributed by atoms with E-state index in [1.807, 2.05) is 0 Å². The molecule has 3 N–H and O–H groups in total. The molecule has 1 saturated carbocycles. The molecule has 4 rings (SSSR count). The smallest absolute Gasteiger partial charge is 0.239 e. The summed E-state index contributed by atoms with van der Waals surface area (Å²) in [7, 11) is 0. The van der Waals surface area contributed by atoms with Crippen LogP contribution in [0.1, 0.15) is 38.5 Å². The van der Waals surface area contributed by atoms with Gasteiger partial charge in [0.05, 0.1) is 12.1 Å². The van der Waals surface area contributed by atoms with Crippen molar-refractivity contribution in [3.63, 3.8) is 0 Å². The summed E-state index contributed by atoms with van der Waals surface area (Å²) in [6.45, 7) is 2.86. The van der Waals surface area contributed by atoms with E-state index >= 15 is 0 Å². The predicted octanol–water partition coefficient (Wildman–Crippen LogP) is 0.878. The fourth-order valence-corrected chi connectivity index (χ4v) is 4.90. The molecule has 4 fully saturated rings. The molecular formula is C18H30ClFN4O3. The number of hydrogen-bond donors (Lipinski definition) is 3. The Bertz CT molecular complexity index is 525. The molecule has 27 heavy (non-hydrogen) atoms. The minimum atomic E-state index is -0.742. The van der Waals surface area contributed by atoms with Gasteiger partial charge in [-0.25, -0.2) is 9.40 Å². The Balaban J connectivity index is 1.20. The van der Waals surface area contributed by atoms with Crippen LogP contribution in [0.15, 0.2) is 0 Å². The number of rotatable bonds is 5. The minimum Gasteiger partial charge on any atom is -0.375 e. The standard InChI is InChI=1S/C18H30ClFN4O3/c19-14-4-3-12(20)6-11(14)9-24-10-13(8-21-24)22-18(25)15-7-17(27-23-15)16-2-1-5-26-16/h11-17,21,23H,1-10H2,(H,22,25). The third-order valence-corrected chi connectivity index (χ3v) is 6.73. The molecule has 0 aromatic heterocycles. The molecule has 154 valence electrons. The minimum absolute atomic E-state index is 0.0274. The topological polar surface area (TPSA) is 74.9 Å². The largest absolute Gasteiger partial charge is 0.375 e. The Labute approximate surface area is 164 Å². The number of amides is 1. The van der Waals surface area contributed by atoms with Crippen LogP contribution < -0.4 is 16.2 Å². The van der Waals surface area contributed by atoms with Crippen LogP contribution in [-0.4, -0.2) is 73.0 Å². The summed E-state index contributed by atoms with van der Waals surface area (Å²) in [5.74, 6) is 0.107. The summed E-state index contributed by atoms with van der Waals surface area (Å²) < 4.78 is 19.3. The quantitative estimate of drug-likeness (QED) is 0.591. The lowest BCUT2D eigenvalue weighted by Gasteiger charge is -2.32. The Hall–Kier alpha value is -0.510. The molecule has 7 nitrogen and oxygen atoms in total. The van der Waals surface area contributed by atoms with Crippen LogP contribution in [-0.2, 0) is 14.4 Å². The highest BCUT2D eigenvalue weighted by Gasteiger charge is 2.39. The van der Waals surface area contributed by atoms with Gasteiger partial charge in [-0.05, 0) is 38.0 Å². The van der Waals surface area contributed by atoms with Crippen LogP contribution in [0.2, 0.25) is 0 Å². The first-order valence-electron chi connectivity index (χ1n) is 10.2. The van der Waals surface area contributed by atoms with Crippen molar-refractivity contribution in [2.24, 2.45) is 5.92 Å². The first-order chi connectivity index (χ1) is 13.1. The summed E-state index contributed by atoms with van der Waals surface area (Å²) in [6.07, 6.45) is 3.81. The van der Waals surface area contributed by atoms with Crippen LogP contribution in [0.3, 0.4) is 0 Å². The highest BCUT2D eigenvalue weighted by molar-refractivity contribution is 6.20. The predicted molar refractivity (Wildman–Crippen MR) is 98.8 cm³/mol. The van der Waals surface area contributed by atoms with Gasteiger partial charge >= 0.3 is 0 Å². The average Bonchev–Trinajstić information content (AvgIpc) is 3.38. The van der Waals surface area contributed by atoms with Crippen molar-refractivity contribution in [3.8, 4) is 0 Å². The van der Waals surface area contributed by atoms with Gasteiger partial charge in [-0.2, -0.15) is 5.48 Å². The molecule has 1 amide bonds. The van der Waals surface area contributed by atoms with Gasteiger partial charge in [-0.3, -0.25) is 15.1 Å². The molecule has 7 unspecified atom stereocenters. The lowest BCUT2D eigenvalue weighted by atomic mass is 9.87. The van der Waals surface area contributed by atoms with Crippen LogP contribution in [0.25, 0.3) is 0 Å². The van der Waals surface area contributed by atoms with Gasteiger partial charge in [0.25, 0.3) is 0 Å². The molecule has 0 aromatic carbocycles.